The molecule has 2 bridgehead atoms. The number of ether oxygens (including phenoxy) is 1. The Balaban J connectivity index is 2.03. The van der Waals surface area contributed by atoms with Gasteiger partial charge >= 0.3 is 0 Å². The standard InChI is InChI=1S/C15H19NO2/c1-18-12-5-2-4-11(10-12)15-7-3-6-13(14(15)17)16-9-8-15/h2,4-5,10,13,16H,3,6-9H2,1H3/t13-,15-/m1/s1. The van der Waals surface area contributed by atoms with Gasteiger partial charge in [-0.3, -0.25) is 4.79 Å². The normalized spacial score (nSPS) is 31.2. The lowest BCUT2D eigenvalue weighted by atomic mass is 9.63. The molecule has 1 aliphatic heterocycles. The van der Waals surface area contributed by atoms with Crippen LogP contribution in [-0.4, -0.2) is 25.5 Å². The molecular weight excluding hydrogens is 226 g/mol. The third kappa shape index (κ3) is 1.65. The number of carbonyl (C=O) groups is 1. The van der Waals surface area contributed by atoms with Crippen molar-refractivity contribution in [2.24, 2.45) is 0 Å². The lowest BCUT2D eigenvalue weighted by molar-refractivity contribution is -0.131. The number of piperidine rings is 1. The van der Waals surface area contributed by atoms with Gasteiger partial charge in [-0.2, -0.15) is 0 Å². The lowest BCUT2D eigenvalue weighted by Crippen LogP contribution is -2.57. The molecule has 0 amide bonds. The van der Waals surface area contributed by atoms with Crippen LogP contribution in [-0.2, 0) is 10.2 Å². The Bertz CT molecular complexity index is 459. The molecule has 1 saturated heterocycles. The minimum absolute atomic E-state index is 0.0682. The van der Waals surface area contributed by atoms with Gasteiger partial charge in [0.15, 0.2) is 5.78 Å². The summed E-state index contributed by atoms with van der Waals surface area (Å²) in [6.07, 6.45) is 4.01. The van der Waals surface area contributed by atoms with Crippen molar-refractivity contribution in [1.29, 1.82) is 0 Å². The number of hydrogen-bond donors (Lipinski definition) is 1. The number of carbonyl (C=O) groups excluding carboxylic acids is 1. The fourth-order valence-corrected chi connectivity index (χ4v) is 3.45. The predicted octanol–water partition coefficient (Wildman–Crippen LogP) is 2.05. The molecule has 0 unspecified atom stereocenters. The summed E-state index contributed by atoms with van der Waals surface area (Å²) in [4.78, 5) is 12.6. The lowest BCUT2D eigenvalue weighted by Gasteiger charge is -2.44. The average Bonchev–Trinajstić information content (AvgIpc) is 2.39. The second kappa shape index (κ2) is 4.39. The average molecular weight is 245 g/mol. The second-order valence-electron chi connectivity index (χ2n) is 5.33. The Kier molecular flexibility index (Phi) is 2.86. The molecule has 2 aliphatic rings. The molecule has 96 valence electrons. The van der Waals surface area contributed by atoms with Crippen molar-refractivity contribution >= 4 is 5.78 Å². The van der Waals surface area contributed by atoms with Gasteiger partial charge in [0, 0.05) is 0 Å². The third-order valence-electron chi connectivity index (χ3n) is 4.45. The summed E-state index contributed by atoms with van der Waals surface area (Å²) < 4.78 is 5.29. The van der Waals surface area contributed by atoms with Gasteiger partial charge in [-0.25, -0.2) is 0 Å². The largest absolute Gasteiger partial charge is 0.497 e. The highest BCUT2D eigenvalue weighted by molar-refractivity contribution is 5.96. The number of methoxy groups -OCH3 is 1. The Morgan fingerprint density at radius 2 is 2.28 bits per heavy atom. The summed E-state index contributed by atoms with van der Waals surface area (Å²) in [5.41, 5.74) is 0.876. The molecule has 1 heterocycles. The Morgan fingerprint density at radius 1 is 1.39 bits per heavy atom. The van der Waals surface area contributed by atoms with Gasteiger partial charge < -0.3 is 10.1 Å². The highest BCUT2D eigenvalue weighted by Gasteiger charge is 2.48. The van der Waals surface area contributed by atoms with Gasteiger partial charge in [-0.15, -0.1) is 0 Å². The Morgan fingerprint density at radius 3 is 3.11 bits per heavy atom. The molecule has 1 N–H and O–H groups in total. The number of benzene rings is 1. The van der Waals surface area contributed by atoms with Gasteiger partial charge in [-0.05, 0) is 43.5 Å². The number of Topliss-reactive ketones (excluding diaryl/α,β-unsaturated/α-hetero) is 1. The fourth-order valence-electron chi connectivity index (χ4n) is 3.45. The molecule has 3 heteroatoms. The monoisotopic (exact) mass is 245 g/mol. The van der Waals surface area contributed by atoms with Crippen LogP contribution in [0.5, 0.6) is 5.75 Å². The van der Waals surface area contributed by atoms with Crippen molar-refractivity contribution in [3.8, 4) is 5.75 Å². The summed E-state index contributed by atoms with van der Waals surface area (Å²) in [6, 6.07) is 8.10. The van der Waals surface area contributed by atoms with E-state index in [9.17, 15) is 4.79 Å². The van der Waals surface area contributed by atoms with Crippen LogP contribution in [0.4, 0.5) is 0 Å². The van der Waals surface area contributed by atoms with Crippen molar-refractivity contribution < 1.29 is 9.53 Å². The van der Waals surface area contributed by atoms with Crippen LogP contribution in [0.1, 0.15) is 31.2 Å². The van der Waals surface area contributed by atoms with Crippen molar-refractivity contribution in [1.82, 2.24) is 5.32 Å². The number of hydrogen-bond acceptors (Lipinski definition) is 3. The predicted molar refractivity (Wildman–Crippen MR) is 69.9 cm³/mol. The van der Waals surface area contributed by atoms with E-state index in [-0.39, 0.29) is 11.5 Å². The number of ketones is 1. The molecule has 0 spiro atoms. The second-order valence-corrected chi connectivity index (χ2v) is 5.33. The topological polar surface area (TPSA) is 38.3 Å². The van der Waals surface area contributed by atoms with Crippen LogP contribution in [0, 0.1) is 0 Å². The van der Waals surface area contributed by atoms with E-state index >= 15 is 0 Å². The molecule has 0 radical (unpaired) electrons. The fraction of sp³-hybridized carbons (Fsp3) is 0.533. The zero-order valence-electron chi connectivity index (χ0n) is 10.7. The first-order valence-electron chi connectivity index (χ1n) is 6.68. The minimum Gasteiger partial charge on any atom is -0.497 e. The minimum atomic E-state index is -0.261. The van der Waals surface area contributed by atoms with Gasteiger partial charge in [0.25, 0.3) is 0 Å². The molecule has 1 aromatic carbocycles. The molecule has 2 fully saturated rings. The van der Waals surface area contributed by atoms with E-state index in [1.165, 1.54) is 0 Å². The van der Waals surface area contributed by atoms with Crippen molar-refractivity contribution in [2.75, 3.05) is 13.7 Å². The molecular formula is C15H19NO2. The molecule has 18 heavy (non-hydrogen) atoms. The van der Waals surface area contributed by atoms with Crippen LogP contribution in [0.3, 0.4) is 0 Å². The van der Waals surface area contributed by atoms with Gasteiger partial charge in [0.2, 0.25) is 0 Å². The van der Waals surface area contributed by atoms with Gasteiger partial charge in [0.1, 0.15) is 5.75 Å². The zero-order chi connectivity index (χ0) is 12.6. The molecule has 1 aromatic rings. The van der Waals surface area contributed by atoms with Crippen LogP contribution >= 0.6 is 0 Å². The zero-order valence-corrected chi connectivity index (χ0v) is 10.7. The van der Waals surface area contributed by atoms with E-state index in [1.807, 2.05) is 18.2 Å². The maximum absolute atomic E-state index is 12.6. The van der Waals surface area contributed by atoms with Crippen molar-refractivity contribution in [3.05, 3.63) is 29.8 Å². The van der Waals surface area contributed by atoms with Crippen LogP contribution in [0.25, 0.3) is 0 Å². The smallest absolute Gasteiger partial charge is 0.160 e. The summed E-state index contributed by atoms with van der Waals surface area (Å²) in [5, 5.41) is 3.34. The third-order valence-corrected chi connectivity index (χ3v) is 4.45. The quantitative estimate of drug-likeness (QED) is 0.866. The highest BCUT2D eigenvalue weighted by atomic mass is 16.5. The summed E-state index contributed by atoms with van der Waals surface area (Å²) in [5.74, 6) is 1.23. The maximum atomic E-state index is 12.6. The van der Waals surface area contributed by atoms with Crippen molar-refractivity contribution in [3.63, 3.8) is 0 Å². The first kappa shape index (κ1) is 11.7. The molecule has 2 atom stereocenters. The first-order valence-corrected chi connectivity index (χ1v) is 6.68. The van der Waals surface area contributed by atoms with E-state index in [4.69, 9.17) is 4.74 Å². The van der Waals surface area contributed by atoms with Gasteiger partial charge in [-0.1, -0.05) is 18.6 Å². The van der Waals surface area contributed by atoms with E-state index in [0.29, 0.717) is 5.78 Å². The Hall–Kier alpha value is -1.35. The highest BCUT2D eigenvalue weighted by Crippen LogP contribution is 2.42. The first-order chi connectivity index (χ1) is 8.76. The van der Waals surface area contributed by atoms with Gasteiger partial charge in [0.05, 0.1) is 18.6 Å². The van der Waals surface area contributed by atoms with Crippen LogP contribution in [0.2, 0.25) is 0 Å². The van der Waals surface area contributed by atoms with Crippen LogP contribution in [0.15, 0.2) is 24.3 Å². The van der Waals surface area contributed by atoms with Crippen LogP contribution < -0.4 is 10.1 Å². The number of fused-ring (bicyclic) bond motifs is 2. The molecule has 3 rings (SSSR count). The summed E-state index contributed by atoms with van der Waals surface area (Å²) in [7, 11) is 1.67. The van der Waals surface area contributed by atoms with E-state index in [0.717, 1.165) is 43.5 Å². The Labute approximate surface area is 108 Å². The number of nitrogens with one attached hydrogen (secondary N) is 1. The number of rotatable bonds is 2. The summed E-state index contributed by atoms with van der Waals surface area (Å²) >= 11 is 0. The molecule has 0 aromatic heterocycles. The van der Waals surface area contributed by atoms with E-state index in [1.54, 1.807) is 7.11 Å². The summed E-state index contributed by atoms with van der Waals surface area (Å²) in [6.45, 7) is 0.938. The molecule has 1 aliphatic carbocycles. The van der Waals surface area contributed by atoms with Crippen molar-refractivity contribution in [2.45, 2.75) is 37.1 Å². The van der Waals surface area contributed by atoms with E-state index in [2.05, 4.69) is 11.4 Å². The maximum Gasteiger partial charge on any atom is 0.160 e. The SMILES string of the molecule is COc1cccc([C@@]23CCC[C@@H](NCC2)C3=O)c1. The molecule has 3 nitrogen and oxygen atoms in total. The van der Waals surface area contributed by atoms with E-state index < -0.39 is 0 Å². The molecule has 1 saturated carbocycles.